The molecule has 0 fully saturated rings. The third kappa shape index (κ3) is 2.96. The lowest BCUT2D eigenvalue weighted by molar-refractivity contribution is 0.0934. The van der Waals surface area contributed by atoms with Crippen LogP contribution in [0.3, 0.4) is 0 Å². The van der Waals surface area contributed by atoms with Gasteiger partial charge in [0.05, 0.1) is 23.2 Å². The molecule has 1 aliphatic rings. The van der Waals surface area contributed by atoms with Crippen LogP contribution in [0.25, 0.3) is 10.2 Å². The minimum atomic E-state index is -0.115. The number of aryl methyl sites for hydroxylation is 1. The molecule has 0 bridgehead atoms. The zero-order valence-corrected chi connectivity index (χ0v) is 16.2. The topological polar surface area (TPSA) is 56.2 Å². The van der Waals surface area contributed by atoms with Gasteiger partial charge >= 0.3 is 0 Å². The Labute approximate surface area is 166 Å². The predicted molar refractivity (Wildman–Crippen MR) is 110 cm³/mol. The number of rotatable bonds is 4. The van der Waals surface area contributed by atoms with Crippen molar-refractivity contribution in [3.63, 3.8) is 0 Å². The molecule has 0 aliphatic carbocycles. The fraction of sp³-hybridized carbons (Fsp3) is 0.182. The van der Waals surface area contributed by atoms with Crippen LogP contribution in [0.2, 0.25) is 0 Å². The number of ether oxygens (including phenoxy) is 1. The highest BCUT2D eigenvalue weighted by Gasteiger charge is 2.26. The largest absolute Gasteiger partial charge is 0.491 e. The van der Waals surface area contributed by atoms with Crippen LogP contribution in [0.1, 0.15) is 32.5 Å². The van der Waals surface area contributed by atoms with E-state index >= 15 is 0 Å². The number of hydrogen-bond donors (Lipinski definition) is 1. The van der Waals surface area contributed by atoms with Gasteiger partial charge in [-0.2, -0.15) is 5.10 Å². The molecule has 5 nitrogen and oxygen atoms in total. The molecule has 1 amide bonds. The van der Waals surface area contributed by atoms with Crippen molar-refractivity contribution in [2.24, 2.45) is 0 Å². The van der Waals surface area contributed by atoms with Crippen LogP contribution in [0.4, 0.5) is 0 Å². The SMILES string of the molecule is Cc1nn(Cc2ccccc2)c2sc(C(=O)N[C@@H]3COc4ccccc43)cc12. The van der Waals surface area contributed by atoms with Crippen molar-refractivity contribution in [2.45, 2.75) is 19.5 Å². The first-order valence-corrected chi connectivity index (χ1v) is 10.0. The van der Waals surface area contributed by atoms with E-state index in [-0.39, 0.29) is 11.9 Å². The maximum absolute atomic E-state index is 12.9. The van der Waals surface area contributed by atoms with Crippen LogP contribution >= 0.6 is 11.3 Å². The Morgan fingerprint density at radius 1 is 1.21 bits per heavy atom. The van der Waals surface area contributed by atoms with E-state index in [1.54, 1.807) is 0 Å². The highest BCUT2D eigenvalue weighted by atomic mass is 32.1. The minimum absolute atomic E-state index is 0.0721. The number of hydrogen-bond acceptors (Lipinski definition) is 4. The zero-order chi connectivity index (χ0) is 19.1. The van der Waals surface area contributed by atoms with Gasteiger partial charge in [-0.1, -0.05) is 48.5 Å². The first-order valence-electron chi connectivity index (χ1n) is 9.22. The smallest absolute Gasteiger partial charge is 0.262 e. The Morgan fingerprint density at radius 2 is 2.00 bits per heavy atom. The second-order valence-electron chi connectivity index (χ2n) is 6.93. The molecule has 5 rings (SSSR count). The summed E-state index contributed by atoms with van der Waals surface area (Å²) in [5, 5.41) is 8.80. The molecule has 0 radical (unpaired) electrons. The van der Waals surface area contributed by atoms with E-state index in [0.717, 1.165) is 27.2 Å². The maximum Gasteiger partial charge on any atom is 0.262 e. The van der Waals surface area contributed by atoms with Crippen molar-refractivity contribution < 1.29 is 9.53 Å². The summed E-state index contributed by atoms with van der Waals surface area (Å²) in [6, 6.07) is 19.9. The minimum Gasteiger partial charge on any atom is -0.491 e. The van der Waals surface area contributed by atoms with Crippen molar-refractivity contribution in [3.8, 4) is 5.75 Å². The number of benzene rings is 2. The average molecular weight is 389 g/mol. The predicted octanol–water partition coefficient (Wildman–Crippen LogP) is 4.32. The summed E-state index contributed by atoms with van der Waals surface area (Å²) in [5.41, 5.74) is 3.16. The van der Waals surface area contributed by atoms with Gasteiger partial charge in [0, 0.05) is 10.9 Å². The van der Waals surface area contributed by atoms with E-state index in [1.165, 1.54) is 16.9 Å². The lowest BCUT2D eigenvalue weighted by Crippen LogP contribution is -2.28. The van der Waals surface area contributed by atoms with Crippen LogP contribution in [-0.4, -0.2) is 22.3 Å². The quantitative estimate of drug-likeness (QED) is 0.566. The summed E-state index contributed by atoms with van der Waals surface area (Å²) in [7, 11) is 0. The van der Waals surface area contributed by atoms with Gasteiger partial charge in [0.1, 0.15) is 17.2 Å². The summed E-state index contributed by atoms with van der Waals surface area (Å²) >= 11 is 1.48. The van der Waals surface area contributed by atoms with Crippen LogP contribution in [0.15, 0.2) is 60.7 Å². The number of amides is 1. The maximum atomic E-state index is 12.9. The van der Waals surface area contributed by atoms with Gasteiger partial charge in [-0.25, -0.2) is 0 Å². The van der Waals surface area contributed by atoms with Crippen LogP contribution < -0.4 is 10.1 Å². The summed E-state index contributed by atoms with van der Waals surface area (Å²) in [5.74, 6) is 0.774. The van der Waals surface area contributed by atoms with E-state index in [0.29, 0.717) is 18.0 Å². The molecule has 2 aromatic heterocycles. The molecule has 0 saturated carbocycles. The Hall–Kier alpha value is -3.12. The number of thiophene rings is 1. The highest BCUT2D eigenvalue weighted by molar-refractivity contribution is 7.20. The second-order valence-corrected chi connectivity index (χ2v) is 7.96. The number of para-hydroxylation sites is 1. The zero-order valence-electron chi connectivity index (χ0n) is 15.4. The summed E-state index contributed by atoms with van der Waals surface area (Å²) < 4.78 is 7.65. The van der Waals surface area contributed by atoms with Crippen LogP contribution in [0, 0.1) is 6.92 Å². The van der Waals surface area contributed by atoms with Gasteiger partial charge < -0.3 is 10.1 Å². The second kappa shape index (κ2) is 6.80. The molecule has 2 aromatic carbocycles. The van der Waals surface area contributed by atoms with Crippen molar-refractivity contribution in [1.29, 1.82) is 0 Å². The standard InChI is InChI=1S/C22H19N3O2S/c1-14-17-11-20(21(26)23-18-13-27-19-10-6-5-9-16(18)19)28-22(17)25(24-14)12-15-7-3-2-4-8-15/h2-11,18H,12-13H2,1H3,(H,23,26)/t18-/m1/s1. The van der Waals surface area contributed by atoms with E-state index in [9.17, 15) is 4.79 Å². The molecular weight excluding hydrogens is 370 g/mol. The Kier molecular flexibility index (Phi) is 4.13. The number of fused-ring (bicyclic) bond motifs is 2. The van der Waals surface area contributed by atoms with Crippen LogP contribution in [-0.2, 0) is 6.54 Å². The monoisotopic (exact) mass is 389 g/mol. The van der Waals surface area contributed by atoms with Crippen molar-refractivity contribution in [2.75, 3.05) is 6.61 Å². The fourth-order valence-electron chi connectivity index (χ4n) is 3.60. The Bertz CT molecular complexity index is 1160. The van der Waals surface area contributed by atoms with Crippen molar-refractivity contribution in [1.82, 2.24) is 15.1 Å². The van der Waals surface area contributed by atoms with E-state index in [2.05, 4.69) is 22.5 Å². The molecule has 28 heavy (non-hydrogen) atoms. The summed E-state index contributed by atoms with van der Waals surface area (Å²) in [6.07, 6.45) is 0. The molecule has 140 valence electrons. The normalized spacial score (nSPS) is 15.4. The number of carbonyl (C=O) groups is 1. The van der Waals surface area contributed by atoms with Gasteiger partial charge in [-0.3, -0.25) is 9.48 Å². The van der Waals surface area contributed by atoms with Crippen molar-refractivity contribution >= 4 is 27.5 Å². The molecule has 1 N–H and O–H groups in total. The molecule has 3 heterocycles. The van der Waals surface area contributed by atoms with Gasteiger partial charge in [0.25, 0.3) is 5.91 Å². The Balaban J connectivity index is 1.41. The van der Waals surface area contributed by atoms with Gasteiger partial charge in [0.2, 0.25) is 0 Å². The lowest BCUT2D eigenvalue weighted by atomic mass is 10.1. The van der Waals surface area contributed by atoms with E-state index in [4.69, 9.17) is 4.74 Å². The number of carbonyl (C=O) groups excluding carboxylic acids is 1. The lowest BCUT2D eigenvalue weighted by Gasteiger charge is -2.10. The summed E-state index contributed by atoms with van der Waals surface area (Å²) in [4.78, 5) is 14.6. The third-order valence-corrected chi connectivity index (χ3v) is 6.16. The molecule has 1 atom stereocenters. The Morgan fingerprint density at radius 3 is 2.86 bits per heavy atom. The molecule has 0 spiro atoms. The van der Waals surface area contributed by atoms with Gasteiger partial charge in [0.15, 0.2) is 0 Å². The molecule has 0 unspecified atom stereocenters. The molecule has 4 aromatic rings. The number of aromatic nitrogens is 2. The van der Waals surface area contributed by atoms with Crippen LogP contribution in [0.5, 0.6) is 5.75 Å². The molecular formula is C22H19N3O2S. The molecule has 0 saturated heterocycles. The number of nitrogens with zero attached hydrogens (tertiary/aromatic N) is 2. The van der Waals surface area contributed by atoms with Gasteiger partial charge in [-0.15, -0.1) is 11.3 Å². The van der Waals surface area contributed by atoms with Crippen molar-refractivity contribution in [3.05, 3.63) is 82.4 Å². The van der Waals surface area contributed by atoms with E-state index < -0.39 is 0 Å². The summed E-state index contributed by atoms with van der Waals surface area (Å²) in [6.45, 7) is 3.15. The average Bonchev–Trinajstić information content (AvgIpc) is 3.39. The van der Waals surface area contributed by atoms with E-state index in [1.807, 2.05) is 60.1 Å². The molecule has 1 aliphatic heterocycles. The highest BCUT2D eigenvalue weighted by Crippen LogP contribution is 2.33. The first kappa shape index (κ1) is 17.0. The molecule has 6 heteroatoms. The third-order valence-electron chi connectivity index (χ3n) is 5.01. The fourth-order valence-corrected chi connectivity index (χ4v) is 4.66. The number of nitrogens with one attached hydrogen (secondary N) is 1. The first-order chi connectivity index (χ1) is 13.7. The van der Waals surface area contributed by atoms with Gasteiger partial charge in [-0.05, 0) is 24.6 Å².